The zero-order valence-corrected chi connectivity index (χ0v) is 18.0. The topological polar surface area (TPSA) is 70.8 Å². The summed E-state index contributed by atoms with van der Waals surface area (Å²) in [6.07, 6.45) is 5.18. The molecule has 0 aliphatic carbocycles. The molecule has 0 radical (unpaired) electrons. The van der Waals surface area contributed by atoms with Crippen molar-refractivity contribution in [1.82, 2.24) is 4.90 Å². The number of likely N-dealkylation sites (tertiary alicyclic amines) is 1. The number of carbonyl (C=O) groups is 1. The number of hydrogen-bond donors (Lipinski definition) is 1. The third-order valence-electron chi connectivity index (χ3n) is 6.30. The van der Waals surface area contributed by atoms with E-state index in [1.807, 2.05) is 31.2 Å². The number of hydrazone groups is 1. The van der Waals surface area contributed by atoms with Gasteiger partial charge in [-0.15, -0.1) is 0 Å². The van der Waals surface area contributed by atoms with E-state index in [-0.39, 0.29) is 11.8 Å². The maximum absolute atomic E-state index is 12.4. The van der Waals surface area contributed by atoms with Gasteiger partial charge >= 0.3 is 0 Å². The van der Waals surface area contributed by atoms with Crippen LogP contribution in [0.3, 0.4) is 0 Å². The van der Waals surface area contributed by atoms with Gasteiger partial charge in [-0.25, -0.2) is 0 Å². The molecule has 2 aromatic rings. The Morgan fingerprint density at radius 3 is 2.52 bits per heavy atom. The molecule has 1 fully saturated rings. The first kappa shape index (κ1) is 21.2. The molecule has 6 nitrogen and oxygen atoms in total. The van der Waals surface area contributed by atoms with Gasteiger partial charge in [0, 0.05) is 35.7 Å². The molecule has 0 bridgehead atoms. The molecule has 1 N–H and O–H groups in total. The van der Waals surface area contributed by atoms with E-state index in [4.69, 9.17) is 0 Å². The number of piperidine rings is 1. The lowest BCUT2D eigenvalue weighted by atomic mass is 9.89. The molecule has 6 heteroatoms. The fourth-order valence-corrected chi connectivity index (χ4v) is 4.46. The Morgan fingerprint density at radius 1 is 1.13 bits per heavy atom. The van der Waals surface area contributed by atoms with Crippen molar-refractivity contribution in [3.63, 3.8) is 0 Å². The molecule has 1 atom stereocenters. The summed E-state index contributed by atoms with van der Waals surface area (Å²) in [6.45, 7) is 4.87. The molecule has 1 unspecified atom stereocenters. The molecular weight excluding hydrogens is 388 g/mol. The molecule has 0 spiro atoms. The lowest BCUT2D eigenvalue weighted by Crippen LogP contribution is -2.35. The third-order valence-corrected chi connectivity index (χ3v) is 6.30. The number of rotatable bonds is 6. The van der Waals surface area contributed by atoms with E-state index in [0.29, 0.717) is 22.9 Å². The Kier molecular flexibility index (Phi) is 6.77. The highest BCUT2D eigenvalue weighted by Crippen LogP contribution is 2.27. The van der Waals surface area contributed by atoms with E-state index >= 15 is 0 Å². The summed E-state index contributed by atoms with van der Waals surface area (Å²) in [5.74, 6) is 0.776. The minimum atomic E-state index is 0.0201. The van der Waals surface area contributed by atoms with Crippen molar-refractivity contribution in [2.75, 3.05) is 25.0 Å². The molecule has 2 aliphatic heterocycles. The van der Waals surface area contributed by atoms with Gasteiger partial charge in [0.15, 0.2) is 0 Å². The summed E-state index contributed by atoms with van der Waals surface area (Å²) >= 11 is 0. The van der Waals surface area contributed by atoms with Gasteiger partial charge in [0.05, 0.1) is 12.1 Å². The second-order valence-corrected chi connectivity index (χ2v) is 8.50. The summed E-state index contributed by atoms with van der Waals surface area (Å²) in [5.41, 5.74) is 3.69. The molecule has 0 aromatic heterocycles. The van der Waals surface area contributed by atoms with E-state index in [1.165, 1.54) is 5.56 Å². The highest BCUT2D eigenvalue weighted by molar-refractivity contribution is 6.00. The van der Waals surface area contributed by atoms with Gasteiger partial charge in [-0.05, 0) is 61.7 Å². The van der Waals surface area contributed by atoms with Gasteiger partial charge in [0.1, 0.15) is 0 Å². The summed E-state index contributed by atoms with van der Waals surface area (Å²) in [4.78, 5) is 15.5. The van der Waals surface area contributed by atoms with E-state index in [1.54, 1.807) is 6.21 Å². The number of nitrogens with zero attached hydrogens (tertiary/aromatic N) is 3. The number of carbonyl (C=O) groups excluding carboxylic acids is 1. The van der Waals surface area contributed by atoms with Crippen LogP contribution in [0, 0.1) is 11.1 Å². The highest BCUT2D eigenvalue weighted by atomic mass is 16.5. The van der Waals surface area contributed by atoms with Crippen LogP contribution in [0.1, 0.15) is 49.7 Å². The predicted molar refractivity (Wildman–Crippen MR) is 125 cm³/mol. The first-order valence-electron chi connectivity index (χ1n) is 11.1. The van der Waals surface area contributed by atoms with Crippen molar-refractivity contribution >= 4 is 23.5 Å². The molecule has 2 aliphatic rings. The van der Waals surface area contributed by atoms with Crippen molar-refractivity contribution < 1.29 is 9.64 Å². The first-order chi connectivity index (χ1) is 15.1. The number of hydrogen-bond acceptors (Lipinski definition) is 4. The number of amides is 1. The Bertz CT molecular complexity index is 945. The van der Waals surface area contributed by atoms with Crippen LogP contribution in [0.25, 0.3) is 0 Å². The van der Waals surface area contributed by atoms with Crippen molar-refractivity contribution in [3.05, 3.63) is 70.9 Å². The maximum Gasteiger partial charge on any atom is 0.232 e. The van der Waals surface area contributed by atoms with Crippen molar-refractivity contribution in [2.45, 2.75) is 38.5 Å². The van der Waals surface area contributed by atoms with Gasteiger partial charge in [-0.3, -0.25) is 4.79 Å². The van der Waals surface area contributed by atoms with Crippen LogP contribution in [0.5, 0.6) is 0 Å². The minimum absolute atomic E-state index is 0.0201. The van der Waals surface area contributed by atoms with Gasteiger partial charge in [-0.2, -0.15) is 0 Å². The second-order valence-electron chi connectivity index (χ2n) is 8.50. The van der Waals surface area contributed by atoms with E-state index in [2.05, 4.69) is 45.6 Å². The highest BCUT2D eigenvalue weighted by Gasteiger charge is 2.24. The summed E-state index contributed by atoms with van der Waals surface area (Å²) in [7, 11) is 0. The van der Waals surface area contributed by atoms with Crippen LogP contribution in [0.2, 0.25) is 0 Å². The lowest BCUT2D eigenvalue weighted by molar-refractivity contribution is -0.466. The number of nitrogens with one attached hydrogen (secondary N) is 1. The van der Waals surface area contributed by atoms with Crippen molar-refractivity contribution in [2.24, 2.45) is 11.0 Å². The van der Waals surface area contributed by atoms with E-state index in [0.717, 1.165) is 50.1 Å². The zero-order chi connectivity index (χ0) is 21.6. The number of anilines is 1. The average Bonchev–Trinajstić information content (AvgIpc) is 2.80. The van der Waals surface area contributed by atoms with Gasteiger partial charge in [0.25, 0.3) is 0 Å². The summed E-state index contributed by atoms with van der Waals surface area (Å²) in [6, 6.07) is 18.2. The smallest absolute Gasteiger partial charge is 0.232 e. The fourth-order valence-electron chi connectivity index (χ4n) is 4.46. The Morgan fingerprint density at radius 2 is 1.84 bits per heavy atom. The molecule has 2 heterocycles. The van der Waals surface area contributed by atoms with Crippen LogP contribution >= 0.6 is 0 Å². The minimum Gasteiger partial charge on any atom is -0.594 e. The Labute approximate surface area is 183 Å². The molecule has 1 saturated heterocycles. The molecule has 162 valence electrons. The molecule has 4 rings (SSSR count). The SMILES string of the molecule is CC1CC=N[N+]([O-])=C1c1ccc(NC(=O)CCN2CCC(c3ccccc3)CC2)cc1. The Balaban J connectivity index is 1.24. The number of benzene rings is 2. The van der Waals surface area contributed by atoms with Crippen molar-refractivity contribution in [3.8, 4) is 0 Å². The molecule has 1 amide bonds. The standard InChI is InChI=1S/C25H30N4O2/c1-19-11-15-26-29(31)25(19)22-7-9-23(10-8-22)27-24(30)14-18-28-16-12-21(13-17-28)20-5-3-2-4-6-20/h2-10,15,19,21H,11-14,16-18H2,1H3,(H,27,30). The zero-order valence-electron chi connectivity index (χ0n) is 18.0. The van der Waals surface area contributed by atoms with Crippen LogP contribution in [0.4, 0.5) is 5.69 Å². The monoisotopic (exact) mass is 418 g/mol. The maximum atomic E-state index is 12.4. The quantitative estimate of drug-likeness (QED) is 0.564. The first-order valence-corrected chi connectivity index (χ1v) is 11.1. The van der Waals surface area contributed by atoms with Gasteiger partial charge < -0.3 is 15.4 Å². The van der Waals surface area contributed by atoms with Crippen LogP contribution in [-0.4, -0.2) is 47.2 Å². The lowest BCUT2D eigenvalue weighted by Gasteiger charge is -2.32. The predicted octanol–water partition coefficient (Wildman–Crippen LogP) is 4.22. The van der Waals surface area contributed by atoms with Crippen LogP contribution in [0.15, 0.2) is 59.7 Å². The fraction of sp³-hybridized carbons (Fsp3) is 0.400. The second kappa shape index (κ2) is 9.88. The summed E-state index contributed by atoms with van der Waals surface area (Å²) < 4.78 is 0. The van der Waals surface area contributed by atoms with Gasteiger partial charge in [0.2, 0.25) is 11.6 Å². The largest absolute Gasteiger partial charge is 0.594 e. The van der Waals surface area contributed by atoms with Crippen LogP contribution < -0.4 is 5.32 Å². The van der Waals surface area contributed by atoms with Gasteiger partial charge in [-0.1, -0.05) is 42.1 Å². The average molecular weight is 419 g/mol. The van der Waals surface area contributed by atoms with Crippen molar-refractivity contribution in [1.29, 1.82) is 0 Å². The summed E-state index contributed by atoms with van der Waals surface area (Å²) in [5, 5.41) is 18.8. The normalized spacial score (nSPS) is 20.1. The van der Waals surface area contributed by atoms with E-state index in [9.17, 15) is 10.0 Å². The molecule has 2 aromatic carbocycles. The Hall–Kier alpha value is -2.99. The third kappa shape index (κ3) is 5.39. The molecule has 0 saturated carbocycles. The molecule has 31 heavy (non-hydrogen) atoms. The van der Waals surface area contributed by atoms with E-state index < -0.39 is 0 Å². The molecular formula is C25H30N4O2. The van der Waals surface area contributed by atoms with Crippen LogP contribution in [-0.2, 0) is 4.79 Å².